The summed E-state index contributed by atoms with van der Waals surface area (Å²) in [5.41, 5.74) is 3.69. The number of hydrogen-bond acceptors (Lipinski definition) is 5. The van der Waals surface area contributed by atoms with E-state index in [1.54, 1.807) is 23.1 Å². The summed E-state index contributed by atoms with van der Waals surface area (Å²) in [7, 11) is 0. The maximum atomic E-state index is 9.96. The minimum Gasteiger partial charge on any atom is -0.303 e. The topological polar surface area (TPSA) is 39.9 Å². The normalized spacial score (nSPS) is 15.0. The van der Waals surface area contributed by atoms with Gasteiger partial charge >= 0.3 is 0 Å². The van der Waals surface area contributed by atoms with Crippen molar-refractivity contribution in [2.75, 3.05) is 25.4 Å². The first kappa shape index (κ1) is 20.2. The second kappa shape index (κ2) is 10.1. The lowest BCUT2D eigenvalue weighted by molar-refractivity contribution is 0.303. The minimum atomic E-state index is 0.692. The highest BCUT2D eigenvalue weighted by atomic mass is 32.2. The van der Waals surface area contributed by atoms with Crippen LogP contribution in [0.25, 0.3) is 21.7 Å². The lowest BCUT2D eigenvalue weighted by Crippen LogP contribution is -2.27. The Morgan fingerprint density at radius 2 is 1.83 bits per heavy atom. The molecule has 0 radical (unpaired) electrons. The molecular weight excluding hydrogens is 394 g/mol. The molecule has 1 fully saturated rings. The number of pyridine rings is 1. The van der Waals surface area contributed by atoms with Gasteiger partial charge in [-0.1, -0.05) is 49.2 Å². The molecule has 5 heteroatoms. The van der Waals surface area contributed by atoms with Crippen LogP contribution in [-0.2, 0) is 0 Å². The number of nitrogens with zero attached hydrogens (tertiary/aromatic N) is 3. The summed E-state index contributed by atoms with van der Waals surface area (Å²) in [5.74, 6) is 0.962. The summed E-state index contributed by atoms with van der Waals surface area (Å²) in [5, 5.41) is 12.9. The Kier molecular flexibility index (Phi) is 7.00. The van der Waals surface area contributed by atoms with Gasteiger partial charge in [0.05, 0.1) is 16.1 Å². The van der Waals surface area contributed by atoms with E-state index in [0.717, 1.165) is 39.0 Å². The van der Waals surface area contributed by atoms with Crippen molar-refractivity contribution in [1.82, 2.24) is 9.88 Å². The molecule has 0 N–H and O–H groups in total. The summed E-state index contributed by atoms with van der Waals surface area (Å²) < 4.78 is 0. The number of hydrogen-bond donors (Lipinski definition) is 0. The van der Waals surface area contributed by atoms with Crippen molar-refractivity contribution in [3.63, 3.8) is 0 Å². The van der Waals surface area contributed by atoms with Gasteiger partial charge in [0.2, 0.25) is 0 Å². The van der Waals surface area contributed by atoms with Gasteiger partial charge in [0.15, 0.2) is 0 Å². The highest BCUT2D eigenvalue weighted by molar-refractivity contribution is 7.99. The van der Waals surface area contributed by atoms with Gasteiger partial charge in [-0.15, -0.1) is 23.1 Å². The van der Waals surface area contributed by atoms with E-state index in [9.17, 15) is 5.26 Å². The molecule has 0 unspecified atom stereocenters. The smallest absolute Gasteiger partial charge is 0.115 e. The van der Waals surface area contributed by atoms with Gasteiger partial charge in [-0.3, -0.25) is 0 Å². The minimum absolute atomic E-state index is 0.692. The molecular formula is C24H25N3S2. The Labute approximate surface area is 181 Å². The zero-order valence-electron chi connectivity index (χ0n) is 16.5. The molecule has 2 aromatic heterocycles. The Morgan fingerprint density at radius 1 is 1.03 bits per heavy atom. The summed E-state index contributed by atoms with van der Waals surface area (Å²) in [6.07, 6.45) is 5.32. The first-order valence-corrected chi connectivity index (χ1v) is 12.1. The van der Waals surface area contributed by atoms with Crippen molar-refractivity contribution in [2.24, 2.45) is 0 Å². The monoisotopic (exact) mass is 419 g/mol. The van der Waals surface area contributed by atoms with E-state index in [0.29, 0.717) is 5.56 Å². The van der Waals surface area contributed by atoms with Crippen molar-refractivity contribution in [3.8, 4) is 27.8 Å². The summed E-state index contributed by atoms with van der Waals surface area (Å²) >= 11 is 3.41. The number of rotatable bonds is 6. The number of aromatic nitrogens is 1. The van der Waals surface area contributed by atoms with Crippen LogP contribution in [0.1, 0.15) is 31.2 Å². The molecule has 3 heterocycles. The third-order valence-electron chi connectivity index (χ3n) is 5.30. The standard InChI is InChI=1S/C24H25N3S2/c25-18-21-20(19-9-4-3-5-10-19)17-22(23-11-8-15-28-23)26-24(21)29-16-14-27-12-6-1-2-7-13-27/h3-5,8-11,15,17H,1-2,6-7,12-14,16H2. The number of nitriles is 1. The largest absolute Gasteiger partial charge is 0.303 e. The molecule has 3 aromatic rings. The van der Waals surface area contributed by atoms with Crippen LogP contribution in [0.15, 0.2) is 58.9 Å². The maximum Gasteiger partial charge on any atom is 0.115 e. The number of benzene rings is 1. The predicted octanol–water partition coefficient (Wildman–Crippen LogP) is 6.32. The fourth-order valence-corrected chi connectivity index (χ4v) is 5.45. The van der Waals surface area contributed by atoms with Crippen LogP contribution in [-0.4, -0.2) is 35.3 Å². The third kappa shape index (κ3) is 5.08. The number of likely N-dealkylation sites (tertiary alicyclic amines) is 1. The zero-order chi connectivity index (χ0) is 19.9. The van der Waals surface area contributed by atoms with Gasteiger partial charge in [0.1, 0.15) is 11.1 Å². The molecule has 3 nitrogen and oxygen atoms in total. The summed E-state index contributed by atoms with van der Waals surface area (Å²) in [4.78, 5) is 8.61. The van der Waals surface area contributed by atoms with E-state index in [1.807, 2.05) is 24.3 Å². The van der Waals surface area contributed by atoms with Gasteiger partial charge in [-0.05, 0) is 49.0 Å². The predicted molar refractivity (Wildman–Crippen MR) is 123 cm³/mol. The molecule has 1 aliphatic heterocycles. The molecule has 0 aliphatic carbocycles. The number of thiophene rings is 1. The zero-order valence-corrected chi connectivity index (χ0v) is 18.1. The number of thioether (sulfide) groups is 1. The van der Waals surface area contributed by atoms with E-state index in [1.165, 1.54) is 38.8 Å². The van der Waals surface area contributed by atoms with Gasteiger partial charge < -0.3 is 4.90 Å². The molecule has 0 spiro atoms. The molecule has 148 valence electrons. The van der Waals surface area contributed by atoms with Crippen molar-refractivity contribution in [2.45, 2.75) is 30.7 Å². The molecule has 0 atom stereocenters. The van der Waals surface area contributed by atoms with Crippen LogP contribution in [0.2, 0.25) is 0 Å². The molecule has 4 rings (SSSR count). The van der Waals surface area contributed by atoms with Crippen molar-refractivity contribution < 1.29 is 0 Å². The summed E-state index contributed by atoms with van der Waals surface area (Å²) in [6, 6.07) is 18.8. The Morgan fingerprint density at radius 3 is 2.52 bits per heavy atom. The first-order chi connectivity index (χ1) is 14.3. The maximum absolute atomic E-state index is 9.96. The third-order valence-corrected chi connectivity index (χ3v) is 7.15. The molecule has 29 heavy (non-hydrogen) atoms. The van der Waals surface area contributed by atoms with E-state index < -0.39 is 0 Å². The van der Waals surface area contributed by atoms with Crippen molar-refractivity contribution >= 4 is 23.1 Å². The van der Waals surface area contributed by atoms with Gasteiger partial charge in [0, 0.05) is 17.9 Å². The van der Waals surface area contributed by atoms with Crippen LogP contribution < -0.4 is 0 Å². The Hall–Kier alpha value is -2.13. The SMILES string of the molecule is N#Cc1c(-c2ccccc2)cc(-c2cccs2)nc1SCCN1CCCCCC1. The average Bonchev–Trinajstić information content (AvgIpc) is 3.18. The quantitative estimate of drug-likeness (QED) is 0.439. The second-order valence-corrected chi connectivity index (χ2v) is 9.33. The van der Waals surface area contributed by atoms with Gasteiger partial charge in [-0.25, -0.2) is 4.98 Å². The van der Waals surface area contributed by atoms with E-state index in [2.05, 4.69) is 40.6 Å². The van der Waals surface area contributed by atoms with Gasteiger partial charge in [0.25, 0.3) is 0 Å². The molecule has 1 aromatic carbocycles. The van der Waals surface area contributed by atoms with Crippen LogP contribution in [0.4, 0.5) is 0 Å². The van der Waals surface area contributed by atoms with Crippen LogP contribution in [0.5, 0.6) is 0 Å². The Balaban J connectivity index is 1.62. The highest BCUT2D eigenvalue weighted by Gasteiger charge is 2.17. The van der Waals surface area contributed by atoms with Crippen LogP contribution >= 0.6 is 23.1 Å². The highest BCUT2D eigenvalue weighted by Crippen LogP contribution is 2.35. The molecule has 0 amide bonds. The fourth-order valence-electron chi connectivity index (χ4n) is 3.76. The fraction of sp³-hybridized carbons (Fsp3) is 0.333. The lowest BCUT2D eigenvalue weighted by atomic mass is 10.0. The van der Waals surface area contributed by atoms with Gasteiger partial charge in [-0.2, -0.15) is 5.26 Å². The molecule has 0 saturated carbocycles. The van der Waals surface area contributed by atoms with E-state index >= 15 is 0 Å². The Bertz CT molecular complexity index is 954. The average molecular weight is 420 g/mol. The van der Waals surface area contributed by atoms with E-state index in [4.69, 9.17) is 4.98 Å². The van der Waals surface area contributed by atoms with Crippen molar-refractivity contribution in [3.05, 3.63) is 59.5 Å². The lowest BCUT2D eigenvalue weighted by Gasteiger charge is -2.19. The first-order valence-electron chi connectivity index (χ1n) is 10.2. The second-order valence-electron chi connectivity index (χ2n) is 7.29. The van der Waals surface area contributed by atoms with Crippen molar-refractivity contribution in [1.29, 1.82) is 5.26 Å². The van der Waals surface area contributed by atoms with E-state index in [-0.39, 0.29) is 0 Å². The molecule has 1 aliphatic rings. The van der Waals surface area contributed by atoms with Crippen LogP contribution in [0.3, 0.4) is 0 Å². The molecule has 0 bridgehead atoms. The molecule has 1 saturated heterocycles. The summed E-state index contributed by atoms with van der Waals surface area (Å²) in [6.45, 7) is 3.45. The van der Waals surface area contributed by atoms with Crippen LogP contribution in [0, 0.1) is 11.3 Å².